The molecule has 1 aromatic rings. The molecule has 2 rings (SSSR count). The number of nitrogens with zero attached hydrogens (tertiary/aromatic N) is 1. The first-order chi connectivity index (χ1) is 8.86. The highest BCUT2D eigenvalue weighted by atomic mass is 79.9. The predicted molar refractivity (Wildman–Crippen MR) is 74.7 cm³/mol. The van der Waals surface area contributed by atoms with E-state index in [2.05, 4.69) is 20.7 Å². The Labute approximate surface area is 123 Å². The third kappa shape index (κ3) is 2.84. The van der Waals surface area contributed by atoms with Crippen molar-refractivity contribution in [1.29, 1.82) is 0 Å². The maximum atomic E-state index is 12.4. The summed E-state index contributed by atoms with van der Waals surface area (Å²) in [6.07, 6.45) is 0.644. The average molecular weight is 369 g/mol. The molecule has 1 fully saturated rings. The van der Waals surface area contributed by atoms with Gasteiger partial charge in [0.2, 0.25) is 10.0 Å². The maximum absolute atomic E-state index is 12.4. The van der Waals surface area contributed by atoms with Crippen LogP contribution in [0.25, 0.3) is 0 Å². The predicted octanol–water partition coefficient (Wildman–Crippen LogP) is 1.02. The number of carbonyl (C=O) groups excluding carboxylic acids is 1. The number of thiophene rings is 1. The lowest BCUT2D eigenvalue weighted by molar-refractivity contribution is 0.0606. The van der Waals surface area contributed by atoms with E-state index in [0.717, 1.165) is 11.3 Å². The molecule has 1 aliphatic heterocycles. The van der Waals surface area contributed by atoms with Gasteiger partial charge in [-0.3, -0.25) is 0 Å². The van der Waals surface area contributed by atoms with Gasteiger partial charge in [0.15, 0.2) is 0 Å². The monoisotopic (exact) mass is 368 g/mol. The van der Waals surface area contributed by atoms with Crippen molar-refractivity contribution in [3.63, 3.8) is 0 Å². The third-order valence-electron chi connectivity index (χ3n) is 2.85. The molecule has 2 N–H and O–H groups in total. The Morgan fingerprint density at radius 2 is 2.32 bits per heavy atom. The summed E-state index contributed by atoms with van der Waals surface area (Å²) in [5.74, 6) is -0.551. The number of halogens is 1. The molecule has 106 valence electrons. The fraction of sp³-hybridized carbons (Fsp3) is 0.500. The highest BCUT2D eigenvalue weighted by molar-refractivity contribution is 9.11. The maximum Gasteiger partial charge on any atom is 0.348 e. The van der Waals surface area contributed by atoms with Crippen molar-refractivity contribution in [3.8, 4) is 0 Å². The van der Waals surface area contributed by atoms with Gasteiger partial charge in [0.1, 0.15) is 9.77 Å². The molecule has 9 heteroatoms. The molecule has 0 amide bonds. The van der Waals surface area contributed by atoms with Crippen LogP contribution in [0.3, 0.4) is 0 Å². The Hall–Kier alpha value is -0.480. The molecule has 2 heterocycles. The number of methoxy groups -OCH3 is 1. The van der Waals surface area contributed by atoms with E-state index in [-0.39, 0.29) is 15.8 Å². The topological polar surface area (TPSA) is 89.7 Å². The second kappa shape index (κ2) is 5.49. The number of hydrogen-bond donors (Lipinski definition) is 1. The minimum absolute atomic E-state index is 0.0898. The van der Waals surface area contributed by atoms with Crippen LogP contribution in [0, 0.1) is 0 Å². The smallest absolute Gasteiger partial charge is 0.348 e. The average Bonchev–Trinajstić information content (AvgIpc) is 2.95. The minimum atomic E-state index is -3.61. The number of rotatable bonds is 3. The van der Waals surface area contributed by atoms with E-state index in [9.17, 15) is 13.2 Å². The molecule has 6 nitrogen and oxygen atoms in total. The number of esters is 1. The Balaban J connectivity index is 2.36. The number of hydrogen-bond acceptors (Lipinski definition) is 6. The molecular formula is C10H13BrN2O4S2. The molecule has 0 radical (unpaired) electrons. The largest absolute Gasteiger partial charge is 0.465 e. The molecule has 1 atom stereocenters. The van der Waals surface area contributed by atoms with Gasteiger partial charge in [-0.25, -0.2) is 13.2 Å². The van der Waals surface area contributed by atoms with Gasteiger partial charge in [0.05, 0.1) is 10.9 Å². The zero-order chi connectivity index (χ0) is 14.2. The first kappa shape index (κ1) is 14.9. The van der Waals surface area contributed by atoms with Crippen molar-refractivity contribution in [1.82, 2.24) is 4.31 Å². The van der Waals surface area contributed by atoms with Crippen LogP contribution in [0.5, 0.6) is 0 Å². The first-order valence-corrected chi connectivity index (χ1v) is 8.54. The van der Waals surface area contributed by atoms with Crippen LogP contribution >= 0.6 is 27.3 Å². The molecular weight excluding hydrogens is 356 g/mol. The van der Waals surface area contributed by atoms with Crippen molar-refractivity contribution < 1.29 is 17.9 Å². The highest BCUT2D eigenvalue weighted by Gasteiger charge is 2.34. The van der Waals surface area contributed by atoms with E-state index >= 15 is 0 Å². The van der Waals surface area contributed by atoms with Gasteiger partial charge >= 0.3 is 5.97 Å². The zero-order valence-corrected chi connectivity index (χ0v) is 13.3. The van der Waals surface area contributed by atoms with Gasteiger partial charge in [-0.15, -0.1) is 11.3 Å². The summed E-state index contributed by atoms with van der Waals surface area (Å²) < 4.78 is 31.2. The Morgan fingerprint density at radius 3 is 2.84 bits per heavy atom. The van der Waals surface area contributed by atoms with E-state index in [1.807, 2.05) is 0 Å². The van der Waals surface area contributed by atoms with Crippen molar-refractivity contribution in [2.24, 2.45) is 5.73 Å². The van der Waals surface area contributed by atoms with Gasteiger partial charge < -0.3 is 10.5 Å². The third-order valence-corrected chi connectivity index (χ3v) is 6.94. The van der Waals surface area contributed by atoms with E-state index in [1.165, 1.54) is 17.5 Å². The lowest BCUT2D eigenvalue weighted by Gasteiger charge is -2.15. The number of carbonyl (C=O) groups is 1. The van der Waals surface area contributed by atoms with Crippen molar-refractivity contribution in [2.45, 2.75) is 17.4 Å². The molecule has 1 saturated heterocycles. The van der Waals surface area contributed by atoms with Gasteiger partial charge in [0, 0.05) is 19.1 Å². The molecule has 1 aliphatic rings. The van der Waals surface area contributed by atoms with E-state index in [4.69, 9.17) is 5.73 Å². The van der Waals surface area contributed by atoms with E-state index < -0.39 is 16.0 Å². The summed E-state index contributed by atoms with van der Waals surface area (Å²) >= 11 is 4.22. The summed E-state index contributed by atoms with van der Waals surface area (Å²) in [6, 6.07) is 1.20. The summed E-state index contributed by atoms with van der Waals surface area (Å²) in [5.41, 5.74) is 5.72. The van der Waals surface area contributed by atoms with Gasteiger partial charge in [0.25, 0.3) is 0 Å². The molecule has 19 heavy (non-hydrogen) atoms. The number of ether oxygens (including phenoxy) is 1. The molecule has 0 spiro atoms. The SMILES string of the molecule is COC(=O)c1cc(S(=O)(=O)N2CC[C@H](N)C2)c(Br)s1. The van der Waals surface area contributed by atoms with Gasteiger partial charge in [-0.1, -0.05) is 0 Å². The van der Waals surface area contributed by atoms with E-state index in [1.54, 1.807) is 0 Å². The Bertz CT molecular complexity index is 599. The second-order valence-electron chi connectivity index (χ2n) is 4.15. The van der Waals surface area contributed by atoms with Crippen LogP contribution in [0.1, 0.15) is 16.1 Å². The van der Waals surface area contributed by atoms with Crippen LogP contribution in [-0.4, -0.2) is 44.9 Å². The highest BCUT2D eigenvalue weighted by Crippen LogP contribution is 2.34. The quantitative estimate of drug-likeness (QED) is 0.804. The fourth-order valence-corrected chi connectivity index (χ4v) is 5.78. The molecule has 0 saturated carbocycles. The van der Waals surface area contributed by atoms with Crippen molar-refractivity contribution in [3.05, 3.63) is 14.7 Å². The standard InChI is InChI=1S/C10H13BrN2O4S2/c1-17-10(14)7-4-8(9(11)18-7)19(15,16)13-3-2-6(12)5-13/h4,6H,2-3,5,12H2,1H3/t6-/m0/s1. The zero-order valence-electron chi connectivity index (χ0n) is 10.1. The fourth-order valence-electron chi connectivity index (χ4n) is 1.84. The van der Waals surface area contributed by atoms with Crippen LogP contribution in [0.15, 0.2) is 14.7 Å². The minimum Gasteiger partial charge on any atom is -0.465 e. The summed E-state index contributed by atoms with van der Waals surface area (Å²) in [7, 11) is -2.36. The number of nitrogens with two attached hydrogens (primary N) is 1. The summed E-state index contributed by atoms with van der Waals surface area (Å²) in [5, 5.41) is 0. The lowest BCUT2D eigenvalue weighted by Crippen LogP contribution is -2.31. The van der Waals surface area contributed by atoms with Crippen LogP contribution in [0.4, 0.5) is 0 Å². The van der Waals surface area contributed by atoms with E-state index in [0.29, 0.717) is 23.3 Å². The van der Waals surface area contributed by atoms with Crippen LogP contribution in [0.2, 0.25) is 0 Å². The summed E-state index contributed by atoms with van der Waals surface area (Å²) in [6.45, 7) is 0.706. The van der Waals surface area contributed by atoms with Gasteiger partial charge in [-0.05, 0) is 28.4 Å². The molecule has 0 bridgehead atoms. The van der Waals surface area contributed by atoms with Crippen LogP contribution < -0.4 is 5.73 Å². The molecule has 0 aliphatic carbocycles. The van der Waals surface area contributed by atoms with Gasteiger partial charge in [-0.2, -0.15) is 4.31 Å². The normalized spacial score (nSPS) is 20.7. The number of sulfonamides is 1. The van der Waals surface area contributed by atoms with Crippen LogP contribution in [-0.2, 0) is 14.8 Å². The summed E-state index contributed by atoms with van der Waals surface area (Å²) in [4.78, 5) is 11.8. The first-order valence-electron chi connectivity index (χ1n) is 5.49. The molecule has 1 aromatic heterocycles. The molecule has 0 unspecified atom stereocenters. The van der Waals surface area contributed by atoms with Crippen molar-refractivity contribution in [2.75, 3.05) is 20.2 Å². The van der Waals surface area contributed by atoms with Crippen molar-refractivity contribution >= 4 is 43.3 Å². The molecule has 0 aromatic carbocycles. The lowest BCUT2D eigenvalue weighted by atomic mass is 10.3. The second-order valence-corrected chi connectivity index (χ2v) is 8.43. The Morgan fingerprint density at radius 1 is 1.63 bits per heavy atom. The Kier molecular flexibility index (Phi) is 4.31.